The van der Waals surface area contributed by atoms with Crippen molar-refractivity contribution in [1.29, 1.82) is 0 Å². The molecule has 1 fully saturated rings. The van der Waals surface area contributed by atoms with E-state index in [4.69, 9.17) is 10.7 Å². The molecule has 1 saturated carbocycles. The summed E-state index contributed by atoms with van der Waals surface area (Å²) in [4.78, 5) is 11.2. The first-order chi connectivity index (χ1) is 17.1. The van der Waals surface area contributed by atoms with Crippen molar-refractivity contribution < 1.29 is 0 Å². The van der Waals surface area contributed by atoms with E-state index >= 15 is 0 Å². The van der Waals surface area contributed by atoms with Gasteiger partial charge in [0.1, 0.15) is 0 Å². The fourth-order valence-corrected chi connectivity index (χ4v) is 3.80. The molecule has 194 valence electrons. The van der Waals surface area contributed by atoms with Crippen molar-refractivity contribution in [2.24, 2.45) is 21.5 Å². The van der Waals surface area contributed by atoms with Crippen molar-refractivity contribution in [3.05, 3.63) is 77.3 Å². The Balaban J connectivity index is 0.00000179. The van der Waals surface area contributed by atoms with Crippen LogP contribution >= 0.6 is 0 Å². The third-order valence-electron chi connectivity index (χ3n) is 5.56. The maximum atomic E-state index is 6.76. The lowest BCUT2D eigenvalue weighted by Gasteiger charge is -2.28. The van der Waals surface area contributed by atoms with Gasteiger partial charge in [-0.05, 0) is 63.2 Å². The summed E-state index contributed by atoms with van der Waals surface area (Å²) in [5.41, 5.74) is 17.4. The van der Waals surface area contributed by atoms with Crippen LogP contribution in [0.4, 0.5) is 0 Å². The van der Waals surface area contributed by atoms with Crippen LogP contribution < -0.4 is 11.5 Å². The van der Waals surface area contributed by atoms with Crippen molar-refractivity contribution >= 4 is 18.1 Å². The lowest BCUT2D eigenvalue weighted by molar-refractivity contribution is 0.532. The molecule has 2 aliphatic rings. The van der Waals surface area contributed by atoms with Crippen LogP contribution in [0.15, 0.2) is 76.1 Å². The summed E-state index contributed by atoms with van der Waals surface area (Å²) in [5.74, 6) is 0. The van der Waals surface area contributed by atoms with Crippen LogP contribution in [0.5, 0.6) is 0 Å². The Bertz CT molecular complexity index is 867. The van der Waals surface area contributed by atoms with E-state index in [-0.39, 0.29) is 0 Å². The average molecular weight is 480 g/mol. The van der Waals surface area contributed by atoms with Gasteiger partial charge < -0.3 is 16.4 Å². The first-order valence-corrected chi connectivity index (χ1v) is 13.1. The predicted octanol–water partition coefficient (Wildman–Crippen LogP) is 7.01. The topological polar surface area (TPSA) is 80.0 Å². The second-order valence-corrected chi connectivity index (χ2v) is 7.68. The maximum Gasteiger partial charge on any atom is 0.0905 e. The smallest absolute Gasteiger partial charge is 0.0905 e. The van der Waals surface area contributed by atoms with Crippen LogP contribution in [0.25, 0.3) is 5.70 Å². The molecule has 0 aromatic heterocycles. The summed E-state index contributed by atoms with van der Waals surface area (Å²) in [6.07, 6.45) is 16.0. The predicted molar refractivity (Wildman–Crippen MR) is 158 cm³/mol. The molecule has 1 aliphatic heterocycles. The quantitative estimate of drug-likeness (QED) is 0.413. The van der Waals surface area contributed by atoms with E-state index in [0.717, 1.165) is 48.5 Å². The Kier molecular flexibility index (Phi) is 17.8. The molecule has 0 atom stereocenters. The summed E-state index contributed by atoms with van der Waals surface area (Å²) in [6, 6.07) is 8.68. The van der Waals surface area contributed by atoms with Crippen LogP contribution in [0.2, 0.25) is 0 Å². The minimum absolute atomic E-state index is 0.343. The fraction of sp³-hybridized carbons (Fsp3) is 0.467. The monoisotopic (exact) mass is 479 g/mol. The summed E-state index contributed by atoms with van der Waals surface area (Å²) in [7, 11) is 1.50. The van der Waals surface area contributed by atoms with Crippen LogP contribution in [-0.2, 0) is 0 Å². The molecule has 0 spiro atoms. The van der Waals surface area contributed by atoms with E-state index in [1.165, 1.54) is 31.0 Å². The molecule has 1 heterocycles. The second-order valence-electron chi connectivity index (χ2n) is 7.68. The van der Waals surface area contributed by atoms with Gasteiger partial charge >= 0.3 is 0 Å². The molecule has 35 heavy (non-hydrogen) atoms. The number of hydrogen-bond acceptors (Lipinski definition) is 5. The highest BCUT2D eigenvalue weighted by Gasteiger charge is 2.21. The van der Waals surface area contributed by atoms with Crippen molar-refractivity contribution in [3.63, 3.8) is 0 Å². The highest BCUT2D eigenvalue weighted by atomic mass is 15.1. The molecule has 4 N–H and O–H groups in total. The minimum atomic E-state index is 0.343. The fourth-order valence-electron chi connectivity index (χ4n) is 3.80. The van der Waals surface area contributed by atoms with Crippen LogP contribution in [-0.4, -0.2) is 37.0 Å². The van der Waals surface area contributed by atoms with Gasteiger partial charge in [-0.15, -0.1) is 0 Å². The van der Waals surface area contributed by atoms with Gasteiger partial charge in [0.05, 0.1) is 23.1 Å². The standard InChI is InChI=1S/C25H32N4.2C2H6.CH5N/c1-4-20-14-17-29(18-15-20)25(24(26)21-11-9-19(2)10-12-21)23(13-16-27-3)28-22-7-5-6-8-22;3*1-2/h9-17,22H,3-8,18,26H2,1-2H3;2*1-2H3;2H2,1H3/b16-13-,25-24-,28-23?;;;. The summed E-state index contributed by atoms with van der Waals surface area (Å²) >= 11 is 0. The minimum Gasteiger partial charge on any atom is -0.396 e. The van der Waals surface area contributed by atoms with Gasteiger partial charge in [0.25, 0.3) is 0 Å². The van der Waals surface area contributed by atoms with Crippen LogP contribution in [0.3, 0.4) is 0 Å². The third kappa shape index (κ3) is 10.5. The lowest BCUT2D eigenvalue weighted by atomic mass is 10.0. The Morgan fingerprint density at radius 3 is 2.17 bits per heavy atom. The largest absolute Gasteiger partial charge is 0.396 e. The van der Waals surface area contributed by atoms with Gasteiger partial charge in [0, 0.05) is 18.9 Å². The zero-order chi connectivity index (χ0) is 26.6. The highest BCUT2D eigenvalue weighted by Crippen LogP contribution is 2.26. The normalized spacial score (nSPS) is 16.2. The van der Waals surface area contributed by atoms with Crippen molar-refractivity contribution in [1.82, 2.24) is 4.90 Å². The van der Waals surface area contributed by atoms with E-state index in [1.54, 1.807) is 6.20 Å². The van der Waals surface area contributed by atoms with Crippen molar-refractivity contribution in [2.75, 3.05) is 13.6 Å². The van der Waals surface area contributed by atoms with Gasteiger partial charge in [-0.2, -0.15) is 0 Å². The Morgan fingerprint density at radius 2 is 1.69 bits per heavy atom. The van der Waals surface area contributed by atoms with Gasteiger partial charge in [-0.1, -0.05) is 83.4 Å². The molecule has 0 bridgehead atoms. The van der Waals surface area contributed by atoms with Crippen molar-refractivity contribution in [3.8, 4) is 0 Å². The molecule has 0 amide bonds. The summed E-state index contributed by atoms with van der Waals surface area (Å²) in [5, 5.41) is 0. The average Bonchev–Trinajstić information content (AvgIpc) is 3.44. The van der Waals surface area contributed by atoms with E-state index in [1.807, 2.05) is 33.8 Å². The van der Waals surface area contributed by atoms with Crippen molar-refractivity contribution in [2.45, 2.75) is 79.7 Å². The number of nitrogens with two attached hydrogens (primary N) is 2. The Hall–Kier alpha value is -2.92. The summed E-state index contributed by atoms with van der Waals surface area (Å²) < 4.78 is 0. The number of rotatable bonds is 7. The highest BCUT2D eigenvalue weighted by molar-refractivity contribution is 6.12. The maximum absolute atomic E-state index is 6.76. The number of nitrogens with zero attached hydrogens (tertiary/aromatic N) is 3. The van der Waals surface area contributed by atoms with E-state index in [9.17, 15) is 0 Å². The molecule has 1 aromatic carbocycles. The zero-order valence-electron chi connectivity index (χ0n) is 23.2. The Morgan fingerprint density at radius 1 is 1.09 bits per heavy atom. The van der Waals surface area contributed by atoms with Crippen LogP contribution in [0.1, 0.15) is 77.8 Å². The number of aliphatic imine (C=N–C) groups is 2. The summed E-state index contributed by atoms with van der Waals surface area (Å²) in [6.45, 7) is 16.6. The first-order valence-electron chi connectivity index (χ1n) is 13.1. The molecule has 5 heteroatoms. The molecule has 0 saturated heterocycles. The van der Waals surface area contributed by atoms with Gasteiger partial charge in [0.15, 0.2) is 0 Å². The SMILES string of the molecule is C=N/C=C\C(=NC1CCCC1)/C(=C(/N)c1ccc(C)cc1)N1C=CC(CC)=CC1.CC.CC.CN. The molecular formula is C30H49N5. The molecule has 1 aliphatic carbocycles. The zero-order valence-corrected chi connectivity index (χ0v) is 23.2. The molecule has 0 radical (unpaired) electrons. The number of aryl methyl sites for hydroxylation is 1. The Labute approximate surface area is 215 Å². The van der Waals surface area contributed by atoms with Gasteiger partial charge in [0.2, 0.25) is 0 Å². The van der Waals surface area contributed by atoms with E-state index in [0.29, 0.717) is 6.04 Å². The lowest BCUT2D eigenvalue weighted by Crippen LogP contribution is -2.28. The number of allylic oxidation sites excluding steroid dienone is 3. The molecule has 1 aromatic rings. The first kappa shape index (κ1) is 32.1. The third-order valence-corrected chi connectivity index (χ3v) is 5.56. The number of hydrogen-bond donors (Lipinski definition) is 2. The van der Waals surface area contributed by atoms with Crippen LogP contribution in [0, 0.1) is 6.92 Å². The number of benzene rings is 1. The van der Waals surface area contributed by atoms with E-state index < -0.39 is 0 Å². The van der Waals surface area contributed by atoms with Gasteiger partial charge in [-0.3, -0.25) is 9.98 Å². The van der Waals surface area contributed by atoms with E-state index in [2.05, 4.69) is 78.8 Å². The molecule has 3 rings (SSSR count). The van der Waals surface area contributed by atoms with Gasteiger partial charge in [-0.25, -0.2) is 0 Å². The molecular weight excluding hydrogens is 430 g/mol. The molecule has 5 nitrogen and oxygen atoms in total. The molecule has 0 unspecified atom stereocenters. The second kappa shape index (κ2) is 19.4.